The molecule has 1 unspecified atom stereocenters. The van der Waals surface area contributed by atoms with Crippen molar-refractivity contribution in [1.82, 2.24) is 4.90 Å². The molecule has 0 aliphatic carbocycles. The van der Waals surface area contributed by atoms with Gasteiger partial charge in [-0.05, 0) is 32.4 Å². The third kappa shape index (κ3) is 2.89. The smallest absolute Gasteiger partial charge is 0.323 e. The fourth-order valence-electron chi connectivity index (χ4n) is 2.57. The van der Waals surface area contributed by atoms with Crippen molar-refractivity contribution in [3.8, 4) is 0 Å². The molecule has 1 aliphatic rings. The van der Waals surface area contributed by atoms with E-state index in [1.54, 1.807) is 11.8 Å². The highest BCUT2D eigenvalue weighted by Gasteiger charge is 2.38. The Kier molecular flexibility index (Phi) is 3.97. The minimum atomic E-state index is -1.19. The van der Waals surface area contributed by atoms with Crippen LogP contribution < -0.4 is 4.90 Å². The lowest BCUT2D eigenvalue weighted by Crippen LogP contribution is -2.60. The van der Waals surface area contributed by atoms with Crippen LogP contribution in [-0.2, 0) is 14.4 Å². The van der Waals surface area contributed by atoms with Gasteiger partial charge < -0.3 is 10.0 Å². The molecule has 1 N–H and O–H groups in total. The van der Waals surface area contributed by atoms with Crippen molar-refractivity contribution in [2.75, 3.05) is 18.0 Å². The van der Waals surface area contributed by atoms with Gasteiger partial charge in [0.05, 0.1) is 6.54 Å². The van der Waals surface area contributed by atoms with E-state index in [0.29, 0.717) is 0 Å². The van der Waals surface area contributed by atoms with Gasteiger partial charge in [0.1, 0.15) is 12.6 Å². The quantitative estimate of drug-likeness (QED) is 0.839. The molecule has 1 heterocycles. The fourth-order valence-corrected chi connectivity index (χ4v) is 2.57. The maximum Gasteiger partial charge on any atom is 0.323 e. The molecule has 1 aliphatic heterocycles. The molecule has 6 heteroatoms. The largest absolute Gasteiger partial charge is 0.480 e. The number of piperazine rings is 1. The van der Waals surface area contributed by atoms with Gasteiger partial charge in [0.2, 0.25) is 5.91 Å². The molecule has 1 aromatic carbocycles. The Bertz CT molecular complexity index is 612. The van der Waals surface area contributed by atoms with Crippen molar-refractivity contribution in [2.45, 2.75) is 26.8 Å². The number of benzene rings is 1. The maximum absolute atomic E-state index is 12.2. The third-order valence-electron chi connectivity index (χ3n) is 3.65. The minimum Gasteiger partial charge on any atom is -0.480 e. The molecule has 6 nitrogen and oxygen atoms in total. The van der Waals surface area contributed by atoms with Crippen LogP contribution in [0.2, 0.25) is 0 Å². The predicted molar refractivity (Wildman–Crippen MR) is 77.1 cm³/mol. The Morgan fingerprint density at radius 3 is 2.57 bits per heavy atom. The van der Waals surface area contributed by atoms with E-state index < -0.39 is 30.4 Å². The van der Waals surface area contributed by atoms with Crippen LogP contribution in [-0.4, -0.2) is 46.9 Å². The van der Waals surface area contributed by atoms with Crippen molar-refractivity contribution in [3.05, 3.63) is 29.3 Å². The standard InChI is InChI=1S/C15H18N2O4/c1-9-4-5-12(10(2)6-9)16-7-13(18)17(8-14(19)20)15(21)11(16)3/h4-6,11H,7-8H2,1-3H3,(H,19,20). The summed E-state index contributed by atoms with van der Waals surface area (Å²) in [4.78, 5) is 37.6. The van der Waals surface area contributed by atoms with E-state index in [1.165, 1.54) is 0 Å². The normalized spacial score (nSPS) is 19.1. The van der Waals surface area contributed by atoms with E-state index in [1.807, 2.05) is 32.0 Å². The van der Waals surface area contributed by atoms with E-state index in [2.05, 4.69) is 0 Å². The highest BCUT2D eigenvalue weighted by Crippen LogP contribution is 2.26. The Morgan fingerprint density at radius 2 is 2.00 bits per heavy atom. The molecular weight excluding hydrogens is 272 g/mol. The zero-order valence-corrected chi connectivity index (χ0v) is 12.3. The zero-order valence-electron chi connectivity index (χ0n) is 12.3. The summed E-state index contributed by atoms with van der Waals surface area (Å²) in [7, 11) is 0. The van der Waals surface area contributed by atoms with Gasteiger partial charge in [-0.2, -0.15) is 0 Å². The van der Waals surface area contributed by atoms with Crippen molar-refractivity contribution in [1.29, 1.82) is 0 Å². The number of amides is 2. The van der Waals surface area contributed by atoms with E-state index in [0.717, 1.165) is 21.7 Å². The molecule has 0 spiro atoms. The van der Waals surface area contributed by atoms with Crippen LogP contribution in [0, 0.1) is 13.8 Å². The Hall–Kier alpha value is -2.37. The molecule has 0 bridgehead atoms. The molecule has 2 rings (SSSR count). The Balaban J connectivity index is 2.30. The summed E-state index contributed by atoms with van der Waals surface area (Å²) >= 11 is 0. The number of anilines is 1. The molecule has 0 radical (unpaired) electrons. The first kappa shape index (κ1) is 15.0. The monoisotopic (exact) mass is 290 g/mol. The highest BCUT2D eigenvalue weighted by molar-refractivity contribution is 6.06. The first-order chi connectivity index (χ1) is 9.81. The van der Waals surface area contributed by atoms with Gasteiger partial charge in [-0.1, -0.05) is 17.7 Å². The molecule has 1 aromatic rings. The first-order valence-electron chi connectivity index (χ1n) is 6.71. The lowest BCUT2D eigenvalue weighted by atomic mass is 10.1. The van der Waals surface area contributed by atoms with E-state index in [9.17, 15) is 14.4 Å². The van der Waals surface area contributed by atoms with Crippen LogP contribution in [0.4, 0.5) is 5.69 Å². The van der Waals surface area contributed by atoms with Crippen LogP contribution >= 0.6 is 0 Å². The van der Waals surface area contributed by atoms with Gasteiger partial charge in [-0.25, -0.2) is 0 Å². The second-order valence-electron chi connectivity index (χ2n) is 5.31. The predicted octanol–water partition coefficient (Wildman–Crippen LogP) is 0.952. The van der Waals surface area contributed by atoms with E-state index in [-0.39, 0.29) is 6.54 Å². The number of aryl methyl sites for hydroxylation is 2. The van der Waals surface area contributed by atoms with Gasteiger partial charge in [0.15, 0.2) is 0 Å². The molecular formula is C15H18N2O4. The van der Waals surface area contributed by atoms with Crippen molar-refractivity contribution in [2.24, 2.45) is 0 Å². The zero-order chi connectivity index (χ0) is 15.7. The lowest BCUT2D eigenvalue weighted by Gasteiger charge is -2.39. The number of carboxylic acids is 1. The molecule has 112 valence electrons. The van der Waals surface area contributed by atoms with Gasteiger partial charge in [0.25, 0.3) is 5.91 Å². The first-order valence-corrected chi connectivity index (χ1v) is 6.71. The summed E-state index contributed by atoms with van der Waals surface area (Å²) in [5.74, 6) is -2.15. The number of nitrogens with zero attached hydrogens (tertiary/aromatic N) is 2. The number of imide groups is 1. The minimum absolute atomic E-state index is 0.00406. The molecule has 0 aromatic heterocycles. The van der Waals surface area contributed by atoms with Gasteiger partial charge in [-0.15, -0.1) is 0 Å². The van der Waals surface area contributed by atoms with Crippen LogP contribution in [0.3, 0.4) is 0 Å². The number of carboxylic acid groups (broad SMARTS) is 1. The average molecular weight is 290 g/mol. The summed E-state index contributed by atoms with van der Waals surface area (Å²) in [6, 6.07) is 5.23. The van der Waals surface area contributed by atoms with E-state index >= 15 is 0 Å². The number of carbonyl (C=O) groups is 3. The topological polar surface area (TPSA) is 77.9 Å². The summed E-state index contributed by atoms with van der Waals surface area (Å²) in [6.45, 7) is 5.00. The second-order valence-corrected chi connectivity index (χ2v) is 5.31. The van der Waals surface area contributed by atoms with Crippen molar-refractivity contribution < 1.29 is 19.5 Å². The molecule has 21 heavy (non-hydrogen) atoms. The van der Waals surface area contributed by atoms with Gasteiger partial charge >= 0.3 is 5.97 Å². The highest BCUT2D eigenvalue weighted by atomic mass is 16.4. The second kappa shape index (κ2) is 5.55. The Labute approximate surface area is 123 Å². The number of hydrogen-bond donors (Lipinski definition) is 1. The Morgan fingerprint density at radius 1 is 1.33 bits per heavy atom. The van der Waals surface area contributed by atoms with Gasteiger partial charge in [-0.3, -0.25) is 19.3 Å². The van der Waals surface area contributed by atoms with Crippen LogP contribution in [0.5, 0.6) is 0 Å². The van der Waals surface area contributed by atoms with Crippen LogP contribution in [0.15, 0.2) is 18.2 Å². The van der Waals surface area contributed by atoms with Gasteiger partial charge in [0, 0.05) is 5.69 Å². The average Bonchev–Trinajstić information content (AvgIpc) is 2.39. The van der Waals surface area contributed by atoms with Crippen LogP contribution in [0.25, 0.3) is 0 Å². The summed E-state index contributed by atoms with van der Waals surface area (Å²) in [5.41, 5.74) is 2.91. The van der Waals surface area contributed by atoms with E-state index in [4.69, 9.17) is 5.11 Å². The summed E-state index contributed by atoms with van der Waals surface area (Å²) in [6.07, 6.45) is 0. The number of rotatable bonds is 3. The van der Waals surface area contributed by atoms with Crippen LogP contribution in [0.1, 0.15) is 18.1 Å². The fraction of sp³-hybridized carbons (Fsp3) is 0.400. The molecule has 1 saturated heterocycles. The molecule has 1 fully saturated rings. The molecule has 2 amide bonds. The lowest BCUT2D eigenvalue weighted by molar-refractivity contribution is -0.154. The SMILES string of the molecule is Cc1ccc(N2CC(=O)N(CC(=O)O)C(=O)C2C)c(C)c1. The molecule has 1 atom stereocenters. The maximum atomic E-state index is 12.2. The number of hydrogen-bond acceptors (Lipinski definition) is 4. The number of aliphatic carboxylic acids is 1. The summed E-state index contributed by atoms with van der Waals surface area (Å²) < 4.78 is 0. The molecule has 0 saturated carbocycles. The van der Waals surface area contributed by atoms with Crippen molar-refractivity contribution in [3.63, 3.8) is 0 Å². The summed E-state index contributed by atoms with van der Waals surface area (Å²) in [5, 5.41) is 8.79. The number of carbonyl (C=O) groups excluding carboxylic acids is 2. The third-order valence-corrected chi connectivity index (χ3v) is 3.65. The van der Waals surface area contributed by atoms with Crippen molar-refractivity contribution >= 4 is 23.5 Å².